The fourth-order valence-corrected chi connectivity index (χ4v) is 3.35. The van der Waals surface area contributed by atoms with E-state index >= 15 is 0 Å². The molecule has 9 heteroatoms. The Morgan fingerprint density at radius 1 is 0.750 bits per heavy atom. The largest absolute Gasteiger partial charge is 0.467 e. The van der Waals surface area contributed by atoms with Gasteiger partial charge in [-0.25, -0.2) is 14.4 Å². The highest BCUT2D eigenvalue weighted by Gasteiger charge is 2.26. The molecule has 0 aliphatic carbocycles. The minimum absolute atomic E-state index is 0.0158. The van der Waals surface area contributed by atoms with E-state index in [9.17, 15) is 19.2 Å². The Labute approximate surface area is 211 Å². The average Bonchev–Trinajstić information content (AvgIpc) is 2.88. The molecule has 0 radical (unpaired) electrons. The Kier molecular flexibility index (Phi) is 12.0. The monoisotopic (exact) mass is 498 g/mol. The third kappa shape index (κ3) is 10.6. The SMILES string of the molecule is COC(=O)C(CC(C)C)NC(=O)CCC(NC(=O)OCc1ccccc1)C(=O)OCc1ccccc1. The van der Waals surface area contributed by atoms with Crippen LogP contribution in [0.25, 0.3) is 0 Å². The number of alkyl carbamates (subject to hydrolysis) is 1. The number of rotatable bonds is 13. The Bertz CT molecular complexity index is 980. The van der Waals surface area contributed by atoms with Crippen LogP contribution in [0.1, 0.15) is 44.2 Å². The van der Waals surface area contributed by atoms with Crippen molar-refractivity contribution in [2.45, 2.75) is 58.4 Å². The van der Waals surface area contributed by atoms with E-state index in [1.165, 1.54) is 7.11 Å². The maximum absolute atomic E-state index is 12.8. The van der Waals surface area contributed by atoms with Crippen molar-refractivity contribution in [1.29, 1.82) is 0 Å². The van der Waals surface area contributed by atoms with Gasteiger partial charge in [-0.1, -0.05) is 74.5 Å². The zero-order valence-corrected chi connectivity index (χ0v) is 20.9. The van der Waals surface area contributed by atoms with E-state index in [4.69, 9.17) is 14.2 Å². The number of methoxy groups -OCH3 is 1. The predicted molar refractivity (Wildman–Crippen MR) is 132 cm³/mol. The Hall–Kier alpha value is -3.88. The number of hydrogen-bond acceptors (Lipinski definition) is 7. The van der Waals surface area contributed by atoms with Crippen LogP contribution in [0.5, 0.6) is 0 Å². The Morgan fingerprint density at radius 2 is 1.31 bits per heavy atom. The summed E-state index contributed by atoms with van der Waals surface area (Å²) in [6.45, 7) is 3.88. The molecule has 2 N–H and O–H groups in total. The van der Waals surface area contributed by atoms with E-state index in [1.54, 1.807) is 24.3 Å². The highest BCUT2D eigenvalue weighted by atomic mass is 16.6. The molecule has 194 valence electrons. The fourth-order valence-electron chi connectivity index (χ4n) is 3.35. The first kappa shape index (κ1) is 28.4. The lowest BCUT2D eigenvalue weighted by molar-refractivity contribution is -0.148. The molecule has 2 rings (SSSR count). The van der Waals surface area contributed by atoms with Gasteiger partial charge < -0.3 is 24.8 Å². The van der Waals surface area contributed by atoms with Gasteiger partial charge in [-0.05, 0) is 29.9 Å². The number of esters is 2. The van der Waals surface area contributed by atoms with Crippen LogP contribution >= 0.6 is 0 Å². The maximum Gasteiger partial charge on any atom is 0.408 e. The van der Waals surface area contributed by atoms with Crippen molar-refractivity contribution in [2.75, 3.05) is 7.11 Å². The molecule has 2 atom stereocenters. The Balaban J connectivity index is 1.98. The summed E-state index contributed by atoms with van der Waals surface area (Å²) in [4.78, 5) is 49.7. The van der Waals surface area contributed by atoms with Gasteiger partial charge in [0.25, 0.3) is 0 Å². The molecule has 2 unspecified atom stereocenters. The van der Waals surface area contributed by atoms with Gasteiger partial charge in [0, 0.05) is 6.42 Å². The molecule has 36 heavy (non-hydrogen) atoms. The van der Waals surface area contributed by atoms with Gasteiger partial charge in [0.1, 0.15) is 25.3 Å². The van der Waals surface area contributed by atoms with Gasteiger partial charge in [-0.15, -0.1) is 0 Å². The molecule has 0 fully saturated rings. The molecule has 0 spiro atoms. The molecule has 2 aromatic carbocycles. The van der Waals surface area contributed by atoms with Crippen molar-refractivity contribution >= 4 is 23.9 Å². The van der Waals surface area contributed by atoms with E-state index in [1.807, 2.05) is 50.2 Å². The maximum atomic E-state index is 12.8. The lowest BCUT2D eigenvalue weighted by atomic mass is 10.0. The van der Waals surface area contributed by atoms with Crippen LogP contribution in [0, 0.1) is 5.92 Å². The molecule has 0 aromatic heterocycles. The van der Waals surface area contributed by atoms with Gasteiger partial charge in [0.15, 0.2) is 0 Å². The van der Waals surface area contributed by atoms with Crippen LogP contribution in [0.3, 0.4) is 0 Å². The Morgan fingerprint density at radius 3 is 1.83 bits per heavy atom. The van der Waals surface area contributed by atoms with E-state index in [2.05, 4.69) is 10.6 Å². The zero-order valence-electron chi connectivity index (χ0n) is 20.9. The van der Waals surface area contributed by atoms with E-state index in [0.29, 0.717) is 6.42 Å². The molecule has 2 amide bonds. The number of carbonyl (C=O) groups excluding carboxylic acids is 4. The highest BCUT2D eigenvalue weighted by molar-refractivity contribution is 5.86. The second kappa shape index (κ2) is 15.2. The quantitative estimate of drug-likeness (QED) is 0.320. The topological polar surface area (TPSA) is 120 Å². The zero-order chi connectivity index (χ0) is 26.3. The van der Waals surface area contributed by atoms with Crippen LogP contribution in [-0.2, 0) is 41.8 Å². The van der Waals surface area contributed by atoms with Gasteiger partial charge in [-0.2, -0.15) is 0 Å². The van der Waals surface area contributed by atoms with Crippen LogP contribution in [0.4, 0.5) is 4.79 Å². The molecule has 0 saturated heterocycles. The minimum Gasteiger partial charge on any atom is -0.467 e. The summed E-state index contributed by atoms with van der Waals surface area (Å²) in [6.07, 6.45) is -0.580. The van der Waals surface area contributed by atoms with Gasteiger partial charge in [0.05, 0.1) is 7.11 Å². The molecule has 0 heterocycles. The average molecular weight is 499 g/mol. The molecule has 9 nitrogen and oxygen atoms in total. The first-order valence-electron chi connectivity index (χ1n) is 11.8. The number of carbonyl (C=O) groups is 4. The van der Waals surface area contributed by atoms with Crippen molar-refractivity contribution in [1.82, 2.24) is 10.6 Å². The normalized spacial score (nSPS) is 12.2. The van der Waals surface area contributed by atoms with E-state index < -0.39 is 36.0 Å². The van der Waals surface area contributed by atoms with E-state index in [-0.39, 0.29) is 32.0 Å². The third-order valence-electron chi connectivity index (χ3n) is 5.20. The van der Waals surface area contributed by atoms with Crippen molar-refractivity contribution in [3.8, 4) is 0 Å². The number of ether oxygens (including phenoxy) is 3. The lowest BCUT2D eigenvalue weighted by Crippen LogP contribution is -2.45. The molecular weight excluding hydrogens is 464 g/mol. The third-order valence-corrected chi connectivity index (χ3v) is 5.20. The second-order valence-electron chi connectivity index (χ2n) is 8.66. The molecule has 2 aromatic rings. The highest BCUT2D eigenvalue weighted by Crippen LogP contribution is 2.10. The first-order valence-corrected chi connectivity index (χ1v) is 11.8. The fraction of sp³-hybridized carbons (Fsp3) is 0.407. The lowest BCUT2D eigenvalue weighted by Gasteiger charge is -2.20. The summed E-state index contributed by atoms with van der Waals surface area (Å²) in [5.74, 6) is -1.55. The standard InChI is InChI=1S/C27H34N2O7/c1-19(2)16-23(25(31)34-3)28-24(30)15-14-22(26(32)35-17-20-10-6-4-7-11-20)29-27(33)36-18-21-12-8-5-9-13-21/h4-13,19,22-23H,14-18H2,1-3H3,(H,28,30)(H,29,33). The smallest absolute Gasteiger partial charge is 0.408 e. The van der Waals surface area contributed by atoms with E-state index in [0.717, 1.165) is 11.1 Å². The second-order valence-corrected chi connectivity index (χ2v) is 8.66. The summed E-state index contributed by atoms with van der Waals surface area (Å²) in [5, 5.41) is 5.13. The van der Waals surface area contributed by atoms with Crippen molar-refractivity contribution in [2.24, 2.45) is 5.92 Å². The summed E-state index contributed by atoms with van der Waals surface area (Å²) in [5.41, 5.74) is 1.57. The van der Waals surface area contributed by atoms with Crippen LogP contribution in [0.15, 0.2) is 60.7 Å². The number of nitrogens with one attached hydrogen (secondary N) is 2. The minimum atomic E-state index is -1.12. The van der Waals surface area contributed by atoms with Gasteiger partial charge >= 0.3 is 18.0 Å². The summed E-state index contributed by atoms with van der Waals surface area (Å²) >= 11 is 0. The van der Waals surface area contributed by atoms with Crippen molar-refractivity contribution in [3.63, 3.8) is 0 Å². The summed E-state index contributed by atoms with van der Waals surface area (Å²) < 4.78 is 15.3. The molecule has 0 bridgehead atoms. The first-order chi connectivity index (χ1) is 17.3. The summed E-state index contributed by atoms with van der Waals surface area (Å²) in [7, 11) is 1.26. The number of amides is 2. The molecule has 0 aliphatic heterocycles. The van der Waals surface area contributed by atoms with Crippen LogP contribution < -0.4 is 10.6 Å². The van der Waals surface area contributed by atoms with Crippen LogP contribution in [-0.4, -0.2) is 43.1 Å². The number of benzene rings is 2. The van der Waals surface area contributed by atoms with Crippen molar-refractivity contribution in [3.05, 3.63) is 71.8 Å². The molecule has 0 saturated carbocycles. The van der Waals surface area contributed by atoms with Gasteiger partial charge in [-0.3, -0.25) is 4.79 Å². The van der Waals surface area contributed by atoms with Crippen molar-refractivity contribution < 1.29 is 33.4 Å². The van der Waals surface area contributed by atoms with Crippen LogP contribution in [0.2, 0.25) is 0 Å². The van der Waals surface area contributed by atoms with Gasteiger partial charge in [0.2, 0.25) is 5.91 Å². The molecular formula is C27H34N2O7. The molecule has 0 aliphatic rings. The predicted octanol–water partition coefficient (Wildman–Crippen LogP) is 3.51. The number of hydrogen-bond donors (Lipinski definition) is 2. The summed E-state index contributed by atoms with van der Waals surface area (Å²) in [6, 6.07) is 16.3.